The third kappa shape index (κ3) is 3.18. The number of amides is 1. The predicted molar refractivity (Wildman–Crippen MR) is 77.7 cm³/mol. The standard InChI is InChI=1S/C12H19N3O3S2/c1-3-9-20(17,18)15-6-4-5-10(15)11(16)13-12-14(2)7-8-19-12/h7-8,10H,3-6,9H2,1-2H3. The van der Waals surface area contributed by atoms with Gasteiger partial charge in [-0.3, -0.25) is 4.79 Å². The van der Waals surface area contributed by atoms with Crippen molar-refractivity contribution >= 4 is 27.3 Å². The summed E-state index contributed by atoms with van der Waals surface area (Å²) in [6, 6.07) is -0.631. The fraction of sp³-hybridized carbons (Fsp3) is 0.667. The van der Waals surface area contributed by atoms with Crippen molar-refractivity contribution < 1.29 is 13.2 Å². The first-order valence-electron chi connectivity index (χ1n) is 6.64. The molecule has 0 bridgehead atoms. The lowest BCUT2D eigenvalue weighted by Crippen LogP contribution is -2.41. The molecule has 1 fully saturated rings. The van der Waals surface area contributed by atoms with Crippen LogP contribution >= 0.6 is 11.3 Å². The minimum Gasteiger partial charge on any atom is -0.327 e. The van der Waals surface area contributed by atoms with Crippen LogP contribution < -0.4 is 4.80 Å². The predicted octanol–water partition coefficient (Wildman–Crippen LogP) is 0.718. The Bertz CT molecular complexity index is 645. The van der Waals surface area contributed by atoms with Gasteiger partial charge in [0, 0.05) is 25.2 Å². The highest BCUT2D eigenvalue weighted by atomic mass is 32.2. The SMILES string of the molecule is CCCS(=O)(=O)N1CCCC1C(=O)N=c1sccn1C. The molecule has 0 spiro atoms. The summed E-state index contributed by atoms with van der Waals surface area (Å²) in [5.74, 6) is -0.274. The topological polar surface area (TPSA) is 71.7 Å². The number of thiazole rings is 1. The molecule has 0 N–H and O–H groups in total. The lowest BCUT2D eigenvalue weighted by molar-refractivity contribution is -0.121. The maximum absolute atomic E-state index is 12.2. The van der Waals surface area contributed by atoms with Gasteiger partial charge in [-0.2, -0.15) is 9.30 Å². The molecule has 2 heterocycles. The first-order chi connectivity index (χ1) is 9.45. The second-order valence-corrected chi connectivity index (χ2v) is 7.75. The van der Waals surface area contributed by atoms with Crippen LogP contribution in [0.25, 0.3) is 0 Å². The zero-order chi connectivity index (χ0) is 14.8. The Balaban J connectivity index is 2.24. The van der Waals surface area contributed by atoms with E-state index in [0.29, 0.717) is 30.6 Å². The summed E-state index contributed by atoms with van der Waals surface area (Å²) < 4.78 is 27.4. The van der Waals surface area contributed by atoms with Gasteiger partial charge in [0.15, 0.2) is 4.80 Å². The van der Waals surface area contributed by atoms with Crippen LogP contribution in [0.2, 0.25) is 0 Å². The van der Waals surface area contributed by atoms with Crippen LogP contribution in [0.15, 0.2) is 16.6 Å². The van der Waals surface area contributed by atoms with Crippen LogP contribution in [0.5, 0.6) is 0 Å². The number of carbonyl (C=O) groups excluding carboxylic acids is 1. The van der Waals surface area contributed by atoms with Crippen LogP contribution in [-0.2, 0) is 21.9 Å². The summed E-state index contributed by atoms with van der Waals surface area (Å²) >= 11 is 1.36. The summed E-state index contributed by atoms with van der Waals surface area (Å²) in [5.41, 5.74) is 0. The van der Waals surface area contributed by atoms with E-state index in [1.165, 1.54) is 15.6 Å². The molecule has 6 nitrogen and oxygen atoms in total. The van der Waals surface area contributed by atoms with Gasteiger partial charge in [0.1, 0.15) is 6.04 Å². The first-order valence-corrected chi connectivity index (χ1v) is 9.13. The molecule has 1 atom stereocenters. The third-order valence-corrected chi connectivity index (χ3v) is 6.20. The molecule has 1 aliphatic rings. The molecule has 1 aromatic heterocycles. The van der Waals surface area contributed by atoms with Crippen molar-refractivity contribution in [1.82, 2.24) is 8.87 Å². The summed E-state index contributed by atoms with van der Waals surface area (Å²) in [7, 11) is -1.54. The van der Waals surface area contributed by atoms with Crippen molar-refractivity contribution in [3.05, 3.63) is 16.4 Å². The number of hydrogen-bond acceptors (Lipinski definition) is 4. The van der Waals surface area contributed by atoms with Gasteiger partial charge in [0.2, 0.25) is 10.0 Å². The molecular formula is C12H19N3O3S2. The van der Waals surface area contributed by atoms with Crippen molar-refractivity contribution in [3.63, 3.8) is 0 Å². The van der Waals surface area contributed by atoms with Crippen LogP contribution in [0.3, 0.4) is 0 Å². The lowest BCUT2D eigenvalue weighted by Gasteiger charge is -2.21. The Morgan fingerprint density at radius 1 is 1.55 bits per heavy atom. The van der Waals surface area contributed by atoms with E-state index in [-0.39, 0.29) is 11.7 Å². The Kier molecular flexibility index (Phi) is 4.77. The molecule has 8 heteroatoms. The van der Waals surface area contributed by atoms with E-state index >= 15 is 0 Å². The fourth-order valence-corrected chi connectivity index (χ4v) is 4.77. The molecule has 1 amide bonds. The van der Waals surface area contributed by atoms with Gasteiger partial charge in [0.05, 0.1) is 5.75 Å². The monoisotopic (exact) mass is 317 g/mol. The quantitative estimate of drug-likeness (QED) is 0.821. The van der Waals surface area contributed by atoms with E-state index in [1.807, 2.05) is 25.5 Å². The van der Waals surface area contributed by atoms with E-state index < -0.39 is 16.1 Å². The molecule has 0 aromatic carbocycles. The molecule has 0 saturated carbocycles. The van der Waals surface area contributed by atoms with Crippen LogP contribution in [0.4, 0.5) is 0 Å². The second-order valence-electron chi connectivity index (χ2n) is 4.83. The number of carbonyl (C=O) groups is 1. The molecule has 20 heavy (non-hydrogen) atoms. The zero-order valence-electron chi connectivity index (χ0n) is 11.7. The lowest BCUT2D eigenvalue weighted by atomic mass is 10.2. The van der Waals surface area contributed by atoms with Gasteiger partial charge in [0.25, 0.3) is 5.91 Å². The average Bonchev–Trinajstić information content (AvgIpc) is 2.99. The highest BCUT2D eigenvalue weighted by Gasteiger charge is 2.37. The molecular weight excluding hydrogens is 298 g/mol. The van der Waals surface area contributed by atoms with E-state index in [2.05, 4.69) is 4.99 Å². The van der Waals surface area contributed by atoms with Gasteiger partial charge in [-0.1, -0.05) is 6.92 Å². The largest absolute Gasteiger partial charge is 0.327 e. The van der Waals surface area contributed by atoms with Gasteiger partial charge in [-0.25, -0.2) is 8.42 Å². The fourth-order valence-electron chi connectivity index (χ4n) is 2.30. The Morgan fingerprint density at radius 3 is 2.90 bits per heavy atom. The van der Waals surface area contributed by atoms with Gasteiger partial charge in [-0.05, 0) is 19.3 Å². The van der Waals surface area contributed by atoms with E-state index in [1.54, 1.807) is 4.57 Å². The summed E-state index contributed by atoms with van der Waals surface area (Å²) in [4.78, 5) is 16.9. The van der Waals surface area contributed by atoms with E-state index in [0.717, 1.165) is 0 Å². The van der Waals surface area contributed by atoms with Gasteiger partial charge < -0.3 is 4.57 Å². The first kappa shape index (κ1) is 15.4. The van der Waals surface area contributed by atoms with Gasteiger partial charge in [-0.15, -0.1) is 11.3 Å². The maximum atomic E-state index is 12.2. The van der Waals surface area contributed by atoms with Crippen molar-refractivity contribution in [3.8, 4) is 0 Å². The smallest absolute Gasteiger partial charge is 0.266 e. The zero-order valence-corrected chi connectivity index (χ0v) is 13.3. The number of rotatable bonds is 4. The molecule has 0 aliphatic carbocycles. The van der Waals surface area contributed by atoms with Crippen molar-refractivity contribution in [1.29, 1.82) is 0 Å². The Labute approximate surface area is 122 Å². The summed E-state index contributed by atoms with van der Waals surface area (Å²) in [6.45, 7) is 2.24. The number of aryl methyl sites for hydroxylation is 1. The average molecular weight is 317 g/mol. The molecule has 1 unspecified atom stereocenters. The van der Waals surface area contributed by atoms with Gasteiger partial charge >= 0.3 is 0 Å². The van der Waals surface area contributed by atoms with Crippen molar-refractivity contribution in [2.45, 2.75) is 32.2 Å². The Morgan fingerprint density at radius 2 is 2.30 bits per heavy atom. The minimum absolute atomic E-state index is 0.0869. The number of hydrogen-bond donors (Lipinski definition) is 0. The number of sulfonamides is 1. The third-order valence-electron chi connectivity index (χ3n) is 3.27. The van der Waals surface area contributed by atoms with Crippen molar-refractivity contribution in [2.24, 2.45) is 12.0 Å². The maximum Gasteiger partial charge on any atom is 0.266 e. The van der Waals surface area contributed by atoms with Crippen LogP contribution in [0, 0.1) is 0 Å². The van der Waals surface area contributed by atoms with E-state index in [4.69, 9.17) is 0 Å². The minimum atomic E-state index is -3.34. The highest BCUT2D eigenvalue weighted by Crippen LogP contribution is 2.22. The molecule has 0 radical (unpaired) electrons. The summed E-state index contributed by atoms with van der Waals surface area (Å²) in [6.07, 6.45) is 3.64. The molecule has 112 valence electrons. The molecule has 2 rings (SSSR count). The van der Waals surface area contributed by atoms with Crippen LogP contribution in [0.1, 0.15) is 26.2 Å². The highest BCUT2D eigenvalue weighted by molar-refractivity contribution is 7.89. The summed E-state index contributed by atoms with van der Waals surface area (Å²) in [5, 5.41) is 1.84. The Hall–Kier alpha value is -0.990. The second kappa shape index (κ2) is 6.19. The number of nitrogens with zero attached hydrogens (tertiary/aromatic N) is 3. The van der Waals surface area contributed by atoms with Crippen LogP contribution in [-0.4, -0.2) is 41.5 Å². The number of aromatic nitrogens is 1. The molecule has 1 aromatic rings. The molecule has 1 saturated heterocycles. The molecule has 1 aliphatic heterocycles. The van der Waals surface area contributed by atoms with Crippen molar-refractivity contribution in [2.75, 3.05) is 12.3 Å². The normalized spacial score (nSPS) is 21.5. The van der Waals surface area contributed by atoms with E-state index in [9.17, 15) is 13.2 Å².